The molecule has 0 spiro atoms. The summed E-state index contributed by atoms with van der Waals surface area (Å²) < 4.78 is 5.58. The van der Waals surface area contributed by atoms with E-state index < -0.39 is 0 Å². The Kier molecular flexibility index (Phi) is 7.15. The van der Waals surface area contributed by atoms with E-state index in [1.165, 1.54) is 5.56 Å². The highest BCUT2D eigenvalue weighted by Gasteiger charge is 2.24. The molecule has 5 nitrogen and oxygen atoms in total. The minimum absolute atomic E-state index is 0.220. The second-order valence-electron chi connectivity index (χ2n) is 5.95. The van der Waals surface area contributed by atoms with E-state index in [2.05, 4.69) is 29.0 Å². The average molecular weight is 321 g/mol. The highest BCUT2D eigenvalue weighted by Crippen LogP contribution is 2.32. The minimum Gasteiger partial charge on any atom is -0.504 e. The molecule has 2 rings (SSSR count). The molecule has 23 heavy (non-hydrogen) atoms. The van der Waals surface area contributed by atoms with Gasteiger partial charge in [-0.25, -0.2) is 0 Å². The zero-order valence-corrected chi connectivity index (χ0v) is 14.7. The zero-order chi connectivity index (χ0) is 16.7. The van der Waals surface area contributed by atoms with Crippen LogP contribution in [0.15, 0.2) is 18.2 Å². The van der Waals surface area contributed by atoms with Crippen LogP contribution < -0.4 is 10.1 Å². The first-order valence-electron chi connectivity index (χ1n) is 8.82. The number of phenolic OH excluding ortho intramolecular Hbond substituents is 1. The van der Waals surface area contributed by atoms with Crippen LogP contribution in [0.2, 0.25) is 0 Å². The maximum atomic E-state index is 9.97. The van der Waals surface area contributed by atoms with Crippen molar-refractivity contribution in [3.63, 3.8) is 0 Å². The smallest absolute Gasteiger partial charge is 0.161 e. The first-order chi connectivity index (χ1) is 11.2. The van der Waals surface area contributed by atoms with Crippen LogP contribution in [0.25, 0.3) is 0 Å². The van der Waals surface area contributed by atoms with Gasteiger partial charge in [0.1, 0.15) is 0 Å². The van der Waals surface area contributed by atoms with Crippen LogP contribution >= 0.6 is 0 Å². The summed E-state index contributed by atoms with van der Waals surface area (Å²) in [5, 5.41) is 13.4. The number of hydrogen-bond donors (Lipinski definition) is 2. The number of phenols is 1. The first-order valence-corrected chi connectivity index (χ1v) is 8.82. The lowest BCUT2D eigenvalue weighted by Gasteiger charge is -2.38. The van der Waals surface area contributed by atoms with E-state index in [-0.39, 0.29) is 5.75 Å². The van der Waals surface area contributed by atoms with Crippen LogP contribution in [-0.4, -0.2) is 67.3 Å². The van der Waals surface area contributed by atoms with E-state index in [1.54, 1.807) is 6.07 Å². The zero-order valence-electron chi connectivity index (χ0n) is 14.7. The molecular formula is C18H31N3O2. The van der Waals surface area contributed by atoms with Crippen molar-refractivity contribution in [3.05, 3.63) is 23.8 Å². The number of hydrogen-bond acceptors (Lipinski definition) is 5. The number of benzene rings is 1. The molecule has 1 atom stereocenters. The van der Waals surface area contributed by atoms with Gasteiger partial charge in [0.05, 0.1) is 6.61 Å². The van der Waals surface area contributed by atoms with Gasteiger partial charge in [-0.05, 0) is 37.7 Å². The highest BCUT2D eigenvalue weighted by atomic mass is 16.5. The van der Waals surface area contributed by atoms with Crippen LogP contribution in [-0.2, 0) is 0 Å². The Morgan fingerprint density at radius 2 is 1.91 bits per heavy atom. The Labute approximate surface area is 140 Å². The maximum Gasteiger partial charge on any atom is 0.161 e. The maximum absolute atomic E-state index is 9.97. The highest BCUT2D eigenvalue weighted by molar-refractivity contribution is 5.43. The topological polar surface area (TPSA) is 48.0 Å². The van der Waals surface area contributed by atoms with Gasteiger partial charge in [-0.2, -0.15) is 0 Å². The minimum atomic E-state index is 0.220. The lowest BCUT2D eigenvalue weighted by Crippen LogP contribution is -2.48. The summed E-state index contributed by atoms with van der Waals surface area (Å²) in [5.74, 6) is 0.808. The number of nitrogens with one attached hydrogen (secondary N) is 1. The van der Waals surface area contributed by atoms with Gasteiger partial charge in [0.25, 0.3) is 0 Å². The van der Waals surface area contributed by atoms with E-state index in [9.17, 15) is 5.11 Å². The second kappa shape index (κ2) is 9.11. The number of piperazine rings is 1. The van der Waals surface area contributed by atoms with Crippen LogP contribution in [0.3, 0.4) is 0 Å². The van der Waals surface area contributed by atoms with Gasteiger partial charge in [-0.3, -0.25) is 4.90 Å². The number of aromatic hydroxyl groups is 1. The quantitative estimate of drug-likeness (QED) is 0.768. The number of nitrogens with zero attached hydrogens (tertiary/aromatic N) is 2. The summed E-state index contributed by atoms with van der Waals surface area (Å²) >= 11 is 0. The Morgan fingerprint density at radius 3 is 2.52 bits per heavy atom. The van der Waals surface area contributed by atoms with Gasteiger partial charge in [0.2, 0.25) is 0 Å². The molecule has 1 unspecified atom stereocenters. The van der Waals surface area contributed by atoms with E-state index >= 15 is 0 Å². The van der Waals surface area contributed by atoms with Crippen LogP contribution in [0.5, 0.6) is 11.5 Å². The van der Waals surface area contributed by atoms with Gasteiger partial charge >= 0.3 is 0 Å². The van der Waals surface area contributed by atoms with Crippen LogP contribution in [0, 0.1) is 0 Å². The lowest BCUT2D eigenvalue weighted by molar-refractivity contribution is 0.129. The fraction of sp³-hybridized carbons (Fsp3) is 0.667. The molecule has 130 valence electrons. The van der Waals surface area contributed by atoms with Crippen molar-refractivity contribution in [2.24, 2.45) is 0 Å². The first kappa shape index (κ1) is 18.0. The summed E-state index contributed by atoms with van der Waals surface area (Å²) in [6.45, 7) is 14.2. The Balaban J connectivity index is 2.25. The van der Waals surface area contributed by atoms with Crippen molar-refractivity contribution in [1.82, 2.24) is 15.1 Å². The third-order valence-corrected chi connectivity index (χ3v) is 4.59. The van der Waals surface area contributed by atoms with E-state index in [0.29, 0.717) is 18.4 Å². The van der Waals surface area contributed by atoms with Crippen molar-refractivity contribution in [2.75, 3.05) is 52.4 Å². The van der Waals surface area contributed by atoms with Crippen molar-refractivity contribution in [3.8, 4) is 11.5 Å². The Hall–Kier alpha value is -1.30. The fourth-order valence-electron chi connectivity index (χ4n) is 3.16. The summed E-state index contributed by atoms with van der Waals surface area (Å²) in [4.78, 5) is 5.00. The molecule has 0 radical (unpaired) electrons. The molecule has 0 amide bonds. The molecule has 5 heteroatoms. The third kappa shape index (κ3) is 4.83. The molecule has 0 aromatic heterocycles. The van der Waals surface area contributed by atoms with Crippen molar-refractivity contribution >= 4 is 0 Å². The Morgan fingerprint density at radius 1 is 1.22 bits per heavy atom. The van der Waals surface area contributed by atoms with Gasteiger partial charge in [-0.1, -0.05) is 19.9 Å². The normalized spacial score (nSPS) is 17.4. The second-order valence-corrected chi connectivity index (χ2v) is 5.95. The summed E-state index contributed by atoms with van der Waals surface area (Å²) in [6.07, 6.45) is 0. The summed E-state index contributed by atoms with van der Waals surface area (Å²) in [7, 11) is 0. The molecule has 1 aromatic carbocycles. The van der Waals surface area contributed by atoms with Crippen molar-refractivity contribution in [2.45, 2.75) is 26.8 Å². The van der Waals surface area contributed by atoms with E-state index in [0.717, 1.165) is 45.8 Å². The molecule has 1 aliphatic heterocycles. The standard InChI is InChI=1S/C18H31N3O2/c1-4-20(5-2)14-16(21-11-9-19-10-12-21)15-7-8-17(22)18(13-15)23-6-3/h7-8,13,16,19,22H,4-6,9-12,14H2,1-3H3. The SMILES string of the molecule is CCOc1cc(C(CN(CC)CC)N2CCNCC2)ccc1O. The predicted molar refractivity (Wildman–Crippen MR) is 94.2 cm³/mol. The molecule has 2 N–H and O–H groups in total. The molecule has 1 aromatic rings. The van der Waals surface area contributed by atoms with Crippen LogP contribution in [0.1, 0.15) is 32.4 Å². The van der Waals surface area contributed by atoms with E-state index in [1.807, 2.05) is 19.1 Å². The summed E-state index contributed by atoms with van der Waals surface area (Å²) in [5.41, 5.74) is 1.22. The summed E-state index contributed by atoms with van der Waals surface area (Å²) in [6, 6.07) is 6.14. The molecule has 1 aliphatic rings. The van der Waals surface area contributed by atoms with Gasteiger partial charge < -0.3 is 20.1 Å². The van der Waals surface area contributed by atoms with Gasteiger partial charge in [0.15, 0.2) is 11.5 Å². The number of rotatable bonds is 8. The monoisotopic (exact) mass is 321 g/mol. The molecule has 0 aliphatic carbocycles. The Bertz CT molecular complexity index is 471. The molecule has 1 saturated heterocycles. The predicted octanol–water partition coefficient (Wildman–Crippen LogP) is 2.08. The average Bonchev–Trinajstić information content (AvgIpc) is 2.59. The third-order valence-electron chi connectivity index (χ3n) is 4.59. The van der Waals surface area contributed by atoms with Gasteiger partial charge in [0, 0.05) is 38.8 Å². The van der Waals surface area contributed by atoms with Crippen molar-refractivity contribution < 1.29 is 9.84 Å². The molecule has 1 fully saturated rings. The molecule has 0 saturated carbocycles. The largest absolute Gasteiger partial charge is 0.504 e. The molecular weight excluding hydrogens is 290 g/mol. The van der Waals surface area contributed by atoms with Crippen molar-refractivity contribution in [1.29, 1.82) is 0 Å². The lowest BCUT2D eigenvalue weighted by atomic mass is 10.0. The number of ether oxygens (including phenoxy) is 1. The number of likely N-dealkylation sites (N-methyl/N-ethyl adjacent to an activating group) is 1. The fourth-order valence-corrected chi connectivity index (χ4v) is 3.16. The molecule has 0 bridgehead atoms. The van der Waals surface area contributed by atoms with Crippen LogP contribution in [0.4, 0.5) is 0 Å². The van der Waals surface area contributed by atoms with E-state index in [4.69, 9.17) is 4.74 Å². The molecule has 1 heterocycles. The van der Waals surface area contributed by atoms with Gasteiger partial charge in [-0.15, -0.1) is 0 Å².